The first-order chi connectivity index (χ1) is 8.57. The highest BCUT2D eigenvalue weighted by molar-refractivity contribution is 5.86. The van der Waals surface area contributed by atoms with Crippen molar-refractivity contribution in [3.8, 4) is 0 Å². The predicted molar refractivity (Wildman–Crippen MR) is 76.5 cm³/mol. The van der Waals surface area contributed by atoms with Crippen LogP contribution in [0.4, 0.5) is 0 Å². The molecule has 0 spiro atoms. The second-order valence-electron chi connectivity index (χ2n) is 4.37. The van der Waals surface area contributed by atoms with Gasteiger partial charge in [-0.05, 0) is 33.2 Å². The standard InChI is InChI=1S/C15H25NO2/c1-5-6-7-8-9-10-11-16(4)12-13-18-15(17)14(2)3/h5,9-10H,1-2,6-8,11-13H2,3-4H3. The molecule has 3 nitrogen and oxygen atoms in total. The van der Waals surface area contributed by atoms with Crippen LogP contribution in [0.5, 0.6) is 0 Å². The zero-order chi connectivity index (χ0) is 13.8. The van der Waals surface area contributed by atoms with Crippen molar-refractivity contribution in [3.05, 3.63) is 37.0 Å². The zero-order valence-corrected chi connectivity index (χ0v) is 11.7. The van der Waals surface area contributed by atoms with E-state index in [1.54, 1.807) is 6.92 Å². The Morgan fingerprint density at radius 2 is 2.06 bits per heavy atom. The van der Waals surface area contributed by atoms with Gasteiger partial charge in [0, 0.05) is 18.7 Å². The van der Waals surface area contributed by atoms with Crippen LogP contribution in [0, 0.1) is 0 Å². The maximum Gasteiger partial charge on any atom is 0.333 e. The van der Waals surface area contributed by atoms with Crippen molar-refractivity contribution >= 4 is 5.97 Å². The molecule has 18 heavy (non-hydrogen) atoms. The molecule has 0 heterocycles. The summed E-state index contributed by atoms with van der Waals surface area (Å²) in [6.07, 6.45) is 9.57. The summed E-state index contributed by atoms with van der Waals surface area (Å²) in [5.74, 6) is -0.316. The third kappa shape index (κ3) is 9.85. The number of ether oxygens (including phenoxy) is 1. The number of esters is 1. The topological polar surface area (TPSA) is 29.5 Å². The first-order valence-electron chi connectivity index (χ1n) is 6.35. The molecule has 0 aliphatic heterocycles. The van der Waals surface area contributed by atoms with E-state index in [-0.39, 0.29) is 5.97 Å². The zero-order valence-electron chi connectivity index (χ0n) is 11.7. The summed E-state index contributed by atoms with van der Waals surface area (Å²) in [7, 11) is 2.00. The first kappa shape index (κ1) is 16.6. The quantitative estimate of drug-likeness (QED) is 0.259. The van der Waals surface area contributed by atoms with E-state index in [2.05, 4.69) is 30.2 Å². The number of allylic oxidation sites excluding steroid dienone is 2. The Morgan fingerprint density at radius 3 is 2.67 bits per heavy atom. The van der Waals surface area contributed by atoms with Crippen LogP contribution in [-0.4, -0.2) is 37.6 Å². The van der Waals surface area contributed by atoms with E-state index >= 15 is 0 Å². The van der Waals surface area contributed by atoms with Gasteiger partial charge in [-0.2, -0.15) is 0 Å². The Hall–Kier alpha value is -1.35. The Labute approximate surface area is 111 Å². The molecular formula is C15H25NO2. The van der Waals surface area contributed by atoms with Crippen molar-refractivity contribution in [2.45, 2.75) is 26.2 Å². The molecule has 0 aliphatic carbocycles. The largest absolute Gasteiger partial charge is 0.461 e. The smallest absolute Gasteiger partial charge is 0.333 e. The number of carbonyl (C=O) groups is 1. The second-order valence-corrected chi connectivity index (χ2v) is 4.37. The van der Waals surface area contributed by atoms with Crippen molar-refractivity contribution in [2.75, 3.05) is 26.7 Å². The summed E-state index contributed by atoms with van der Waals surface area (Å²) < 4.78 is 5.02. The Morgan fingerprint density at radius 1 is 1.33 bits per heavy atom. The van der Waals surface area contributed by atoms with Crippen LogP contribution in [0.2, 0.25) is 0 Å². The predicted octanol–water partition coefficient (Wildman–Crippen LogP) is 2.95. The van der Waals surface area contributed by atoms with Crippen LogP contribution >= 0.6 is 0 Å². The van der Waals surface area contributed by atoms with Gasteiger partial charge in [0.1, 0.15) is 6.61 Å². The van der Waals surface area contributed by atoms with Crippen LogP contribution in [-0.2, 0) is 9.53 Å². The van der Waals surface area contributed by atoms with Gasteiger partial charge in [-0.15, -0.1) is 6.58 Å². The van der Waals surface area contributed by atoms with Gasteiger partial charge in [0.2, 0.25) is 0 Å². The van der Waals surface area contributed by atoms with Gasteiger partial charge in [-0.3, -0.25) is 4.90 Å². The summed E-state index contributed by atoms with van der Waals surface area (Å²) in [6.45, 7) is 10.9. The molecule has 0 unspecified atom stereocenters. The molecule has 0 aromatic rings. The van der Waals surface area contributed by atoms with Crippen molar-refractivity contribution in [3.63, 3.8) is 0 Å². The summed E-state index contributed by atoms with van der Waals surface area (Å²) in [6, 6.07) is 0. The highest BCUT2D eigenvalue weighted by atomic mass is 16.5. The fourth-order valence-corrected chi connectivity index (χ4v) is 1.26. The van der Waals surface area contributed by atoms with E-state index in [1.807, 2.05) is 13.1 Å². The number of rotatable bonds is 10. The molecule has 0 aliphatic rings. The lowest BCUT2D eigenvalue weighted by molar-refractivity contribution is -0.139. The van der Waals surface area contributed by atoms with E-state index in [0.29, 0.717) is 12.2 Å². The third-order valence-electron chi connectivity index (χ3n) is 2.42. The van der Waals surface area contributed by atoms with E-state index in [9.17, 15) is 4.79 Å². The van der Waals surface area contributed by atoms with Crippen LogP contribution in [0.1, 0.15) is 26.2 Å². The van der Waals surface area contributed by atoms with Gasteiger partial charge in [0.25, 0.3) is 0 Å². The molecule has 0 saturated heterocycles. The molecule has 0 N–H and O–H groups in total. The van der Waals surface area contributed by atoms with E-state index < -0.39 is 0 Å². The molecule has 0 aromatic heterocycles. The molecule has 3 heteroatoms. The summed E-state index contributed by atoms with van der Waals surface area (Å²) >= 11 is 0. The van der Waals surface area contributed by atoms with Crippen LogP contribution in [0.15, 0.2) is 37.0 Å². The normalized spacial score (nSPS) is 10.8. The summed E-state index contributed by atoms with van der Waals surface area (Å²) in [5.41, 5.74) is 0.444. The molecule has 0 radical (unpaired) electrons. The van der Waals surface area contributed by atoms with E-state index in [1.165, 1.54) is 0 Å². The van der Waals surface area contributed by atoms with Crippen LogP contribution in [0.25, 0.3) is 0 Å². The fourth-order valence-electron chi connectivity index (χ4n) is 1.26. The molecule has 0 atom stereocenters. The molecule has 0 bridgehead atoms. The SMILES string of the molecule is C=CCCCC=CCN(C)CCOC(=O)C(=C)C. The molecule has 102 valence electrons. The molecular weight excluding hydrogens is 226 g/mol. The summed E-state index contributed by atoms with van der Waals surface area (Å²) in [5, 5.41) is 0. The monoisotopic (exact) mass is 251 g/mol. The van der Waals surface area contributed by atoms with Gasteiger partial charge in [0.15, 0.2) is 0 Å². The minimum absolute atomic E-state index is 0.316. The van der Waals surface area contributed by atoms with Crippen molar-refractivity contribution < 1.29 is 9.53 Å². The fraction of sp³-hybridized carbons (Fsp3) is 0.533. The van der Waals surface area contributed by atoms with Crippen molar-refractivity contribution in [1.82, 2.24) is 4.90 Å². The van der Waals surface area contributed by atoms with Crippen molar-refractivity contribution in [2.24, 2.45) is 0 Å². The molecule has 0 amide bonds. The second kappa shape index (κ2) is 10.8. The van der Waals surface area contributed by atoms with Crippen LogP contribution in [0.3, 0.4) is 0 Å². The molecule has 0 aromatic carbocycles. The molecule has 0 saturated carbocycles. The lowest BCUT2D eigenvalue weighted by atomic mass is 10.2. The van der Waals surface area contributed by atoms with E-state index in [0.717, 1.165) is 32.4 Å². The lowest BCUT2D eigenvalue weighted by Gasteiger charge is -2.14. The Bertz CT molecular complexity index is 295. The minimum atomic E-state index is -0.316. The number of nitrogens with zero attached hydrogens (tertiary/aromatic N) is 1. The van der Waals surface area contributed by atoms with Gasteiger partial charge < -0.3 is 4.74 Å². The number of unbranched alkanes of at least 4 members (excludes halogenated alkanes) is 2. The van der Waals surface area contributed by atoms with Gasteiger partial charge in [0.05, 0.1) is 0 Å². The Kier molecular flexibility index (Phi) is 9.97. The van der Waals surface area contributed by atoms with Crippen molar-refractivity contribution in [1.29, 1.82) is 0 Å². The van der Waals surface area contributed by atoms with Gasteiger partial charge in [-0.1, -0.05) is 24.8 Å². The minimum Gasteiger partial charge on any atom is -0.461 e. The van der Waals surface area contributed by atoms with Gasteiger partial charge >= 0.3 is 5.97 Å². The van der Waals surface area contributed by atoms with Crippen LogP contribution < -0.4 is 0 Å². The summed E-state index contributed by atoms with van der Waals surface area (Å²) in [4.78, 5) is 13.2. The highest BCUT2D eigenvalue weighted by Gasteiger charge is 2.03. The highest BCUT2D eigenvalue weighted by Crippen LogP contribution is 1.97. The molecule has 0 fully saturated rings. The lowest BCUT2D eigenvalue weighted by Crippen LogP contribution is -2.24. The maximum atomic E-state index is 11.1. The van der Waals surface area contributed by atoms with E-state index in [4.69, 9.17) is 4.74 Å². The third-order valence-corrected chi connectivity index (χ3v) is 2.42. The number of carbonyl (C=O) groups excluding carboxylic acids is 1. The average molecular weight is 251 g/mol. The first-order valence-corrected chi connectivity index (χ1v) is 6.35. The Balaban J connectivity index is 3.53. The number of hydrogen-bond acceptors (Lipinski definition) is 3. The number of hydrogen-bond donors (Lipinski definition) is 0. The van der Waals surface area contributed by atoms with Gasteiger partial charge in [-0.25, -0.2) is 4.79 Å². The number of likely N-dealkylation sites (N-methyl/N-ethyl adjacent to an activating group) is 1. The average Bonchev–Trinajstić information content (AvgIpc) is 2.33. The molecule has 0 rings (SSSR count). The maximum absolute atomic E-state index is 11.1.